The molecule has 0 aromatic rings. The summed E-state index contributed by atoms with van der Waals surface area (Å²) in [6, 6.07) is 0.212. The number of epoxide rings is 6. The second kappa shape index (κ2) is 29.8. The number of hydrogen-bond acceptors (Lipinski definition) is 15. The van der Waals surface area contributed by atoms with E-state index >= 15 is 0 Å². The van der Waals surface area contributed by atoms with E-state index in [9.17, 15) is 0 Å². The predicted octanol–water partition coefficient (Wildman–Crippen LogP) is 6.23. The summed E-state index contributed by atoms with van der Waals surface area (Å²) >= 11 is 0. The van der Waals surface area contributed by atoms with Gasteiger partial charge in [-0.1, -0.05) is 62.3 Å². The molecule has 6 aliphatic heterocycles. The molecule has 6 saturated heterocycles. The quantitative estimate of drug-likeness (QED) is 0.0235. The maximum absolute atomic E-state index is 6.55. The van der Waals surface area contributed by atoms with Gasteiger partial charge in [0.05, 0.1) is 136 Å². The highest BCUT2D eigenvalue weighted by Gasteiger charge is 2.37. The molecule has 6 heterocycles. The zero-order valence-electron chi connectivity index (χ0n) is 40.3. The minimum atomic E-state index is -0.467. The van der Waals surface area contributed by atoms with Crippen LogP contribution >= 0.6 is 0 Å². The van der Waals surface area contributed by atoms with Crippen LogP contribution in [0.1, 0.15) is 94.4 Å². The second-order valence-corrected chi connectivity index (χ2v) is 16.8. The first-order valence-electron chi connectivity index (χ1n) is 23.6. The van der Waals surface area contributed by atoms with Crippen LogP contribution in [0.15, 0.2) is 17.5 Å². The Morgan fingerprint density at radius 1 is 0.484 bits per heavy atom. The average molecular weight is 891 g/mol. The molecule has 6 atom stereocenters. The van der Waals surface area contributed by atoms with Gasteiger partial charge in [0.25, 0.3) is 0 Å². The summed E-state index contributed by atoms with van der Waals surface area (Å²) in [5.74, 6) is 0.181. The van der Waals surface area contributed by atoms with Crippen molar-refractivity contribution in [3.8, 4) is 0 Å². The van der Waals surface area contributed by atoms with Crippen molar-refractivity contribution in [3.63, 3.8) is 0 Å². The third-order valence-electron chi connectivity index (χ3n) is 11.5. The molecular formula is C46H86N2O14. The lowest BCUT2D eigenvalue weighted by atomic mass is 9.84. The highest BCUT2D eigenvalue weighted by Crippen LogP contribution is 2.31. The first kappa shape index (κ1) is 54.7. The average Bonchev–Trinajstić information content (AvgIpc) is 4.09. The summed E-state index contributed by atoms with van der Waals surface area (Å²) in [7, 11) is 1.79. The van der Waals surface area contributed by atoms with Gasteiger partial charge in [0.15, 0.2) is 0 Å². The van der Waals surface area contributed by atoms with Crippen molar-refractivity contribution in [2.24, 2.45) is 21.2 Å². The van der Waals surface area contributed by atoms with E-state index in [2.05, 4.69) is 41.2 Å². The number of rotatable bonds is 34. The van der Waals surface area contributed by atoms with Crippen LogP contribution in [0.25, 0.3) is 0 Å². The van der Waals surface area contributed by atoms with Crippen molar-refractivity contribution in [3.05, 3.63) is 12.5 Å². The molecule has 0 amide bonds. The van der Waals surface area contributed by atoms with Crippen LogP contribution < -0.4 is 0 Å². The van der Waals surface area contributed by atoms with Crippen LogP contribution in [0.4, 0.5) is 0 Å². The van der Waals surface area contributed by atoms with Crippen molar-refractivity contribution >= 4 is 6.02 Å². The van der Waals surface area contributed by atoms with E-state index in [4.69, 9.17) is 71.4 Å². The van der Waals surface area contributed by atoms with Crippen LogP contribution in [0.3, 0.4) is 0 Å². The predicted molar refractivity (Wildman–Crippen MR) is 236 cm³/mol. The fourth-order valence-corrected chi connectivity index (χ4v) is 5.80. The van der Waals surface area contributed by atoms with Gasteiger partial charge in [0.1, 0.15) is 37.1 Å². The molecule has 16 heteroatoms. The highest BCUT2D eigenvalue weighted by molar-refractivity contribution is 5.73. The number of nitrogens with zero attached hydrogens (tertiary/aromatic N) is 2. The van der Waals surface area contributed by atoms with Crippen molar-refractivity contribution < 1.29 is 66.4 Å². The van der Waals surface area contributed by atoms with E-state index in [0.29, 0.717) is 78.8 Å². The van der Waals surface area contributed by atoms with Gasteiger partial charge < -0.3 is 61.6 Å². The molecule has 0 radical (unpaired) electrons. The van der Waals surface area contributed by atoms with Gasteiger partial charge in [-0.15, -0.1) is 0 Å². The van der Waals surface area contributed by atoms with Gasteiger partial charge in [-0.3, -0.25) is 4.84 Å². The lowest BCUT2D eigenvalue weighted by molar-refractivity contribution is -0.149. The maximum Gasteiger partial charge on any atom is 0.319 e. The van der Waals surface area contributed by atoms with Crippen molar-refractivity contribution in [2.45, 2.75) is 131 Å². The van der Waals surface area contributed by atoms with Crippen LogP contribution in [0, 0.1) is 16.2 Å². The zero-order valence-corrected chi connectivity index (χ0v) is 40.3. The largest absolute Gasteiger partial charge is 0.477 e. The minimum Gasteiger partial charge on any atom is -0.477 e. The van der Waals surface area contributed by atoms with Crippen LogP contribution in [-0.2, 0) is 66.4 Å². The lowest BCUT2D eigenvalue weighted by Gasteiger charge is -2.35. The summed E-state index contributed by atoms with van der Waals surface area (Å²) in [5.41, 5.74) is -1.10. The van der Waals surface area contributed by atoms with E-state index < -0.39 is 10.8 Å². The van der Waals surface area contributed by atoms with Gasteiger partial charge in [-0.25, -0.2) is 5.06 Å². The molecule has 6 rings (SSSR count). The minimum absolute atomic E-state index is 0.150. The van der Waals surface area contributed by atoms with Crippen molar-refractivity contribution in [1.82, 2.24) is 5.06 Å². The van der Waals surface area contributed by atoms with Crippen molar-refractivity contribution in [2.75, 3.05) is 133 Å². The Balaban J connectivity index is 0.00000103. The molecule has 6 fully saturated rings. The molecule has 0 saturated carbocycles. The normalized spacial score (nSPS) is 25.8. The number of ether oxygens (including phenoxy) is 13. The second-order valence-electron chi connectivity index (χ2n) is 16.8. The fourth-order valence-electron chi connectivity index (χ4n) is 5.80. The van der Waals surface area contributed by atoms with Crippen molar-refractivity contribution in [1.29, 1.82) is 0 Å². The van der Waals surface area contributed by atoms with E-state index in [-0.39, 0.29) is 61.1 Å². The Bertz CT molecular complexity index is 1160. The highest BCUT2D eigenvalue weighted by atomic mass is 16.7. The van der Waals surface area contributed by atoms with Crippen LogP contribution in [0.2, 0.25) is 0 Å². The monoisotopic (exact) mass is 891 g/mol. The number of amidine groups is 1. The summed E-state index contributed by atoms with van der Waals surface area (Å²) in [4.78, 5) is 11.2. The zero-order chi connectivity index (χ0) is 45.3. The molecule has 0 aliphatic carbocycles. The molecule has 364 valence electrons. The third-order valence-corrected chi connectivity index (χ3v) is 11.5. The summed E-state index contributed by atoms with van der Waals surface area (Å²) in [5, 5.41) is 1.56. The van der Waals surface area contributed by atoms with Gasteiger partial charge in [0.2, 0.25) is 5.88 Å². The van der Waals surface area contributed by atoms with Crippen LogP contribution in [-0.4, -0.2) is 180 Å². The molecular weight excluding hydrogens is 805 g/mol. The third kappa shape index (κ3) is 23.0. The van der Waals surface area contributed by atoms with Crippen LogP contribution in [0.5, 0.6) is 0 Å². The molecule has 6 aliphatic rings. The lowest BCUT2D eigenvalue weighted by Crippen LogP contribution is -2.42. The maximum atomic E-state index is 6.55. The molecule has 0 N–H and O–H groups in total. The topological polar surface area (TPSA) is 165 Å². The van der Waals surface area contributed by atoms with E-state index in [1.807, 2.05) is 27.7 Å². The number of hydrogen-bond donors (Lipinski definition) is 0. The van der Waals surface area contributed by atoms with Gasteiger partial charge >= 0.3 is 6.02 Å². The van der Waals surface area contributed by atoms with E-state index in [1.165, 1.54) is 6.42 Å². The molecule has 62 heavy (non-hydrogen) atoms. The molecule has 6 unspecified atom stereocenters. The van der Waals surface area contributed by atoms with Gasteiger partial charge in [-0.05, 0) is 38.7 Å². The molecule has 16 nitrogen and oxygen atoms in total. The Morgan fingerprint density at radius 3 is 1.06 bits per heavy atom. The smallest absolute Gasteiger partial charge is 0.319 e. The molecule has 0 aromatic carbocycles. The Hall–Kier alpha value is -1.67. The Labute approximate surface area is 374 Å². The summed E-state index contributed by atoms with van der Waals surface area (Å²) in [6.07, 6.45) is 5.90. The van der Waals surface area contributed by atoms with E-state index in [1.54, 1.807) is 12.1 Å². The first-order valence-corrected chi connectivity index (χ1v) is 23.6. The Kier molecular flexibility index (Phi) is 26.3. The molecule has 0 spiro atoms. The molecule has 0 aromatic heterocycles. The van der Waals surface area contributed by atoms with E-state index in [0.717, 1.165) is 65.3 Å². The van der Waals surface area contributed by atoms with Gasteiger partial charge in [-0.2, -0.15) is 4.99 Å². The SMILES string of the molecule is C=C(/N=C(/OCC(CC)(COCC1CO1)COCC1CO1)N(C)OCC(CC)(CC)COCC1CO1)OCC(CC)(COCC1CO1)COCC1CO1.CC.CC.CCC1CO1. The Morgan fingerprint density at radius 2 is 0.790 bits per heavy atom. The van der Waals surface area contributed by atoms with Gasteiger partial charge in [0, 0.05) is 12.5 Å². The first-order chi connectivity index (χ1) is 30.2. The summed E-state index contributed by atoms with van der Waals surface area (Å²) < 4.78 is 74.9. The standard InChI is InChI=1S/C38H66N2O13.C4H8O.2C2H6/c1-7-36(8-2,21-41-11-30-16-46-30)28-53-40(6)35(52-27-38(10-4,24-44-14-33-19-49-33)25-45-15-34-20-50-34)39-29(5)51-26-37(9-3,22-42-12-31-17-47-31)23-43-13-32-18-48-32;1-2-4-3-5-4;2*1-2/h30-34H,5,7-28H2,1-4,6H3;4H,2-3H2,1H3;2*1-2H3/b39-35+;;;. The fraction of sp³-hybridized carbons (Fsp3) is 0.935. The summed E-state index contributed by atoms with van der Waals surface area (Å²) in [6.45, 7) is 33.5. The molecule has 0 bridgehead atoms. The number of aliphatic imine (C=N–C) groups is 1. The number of hydroxylamine groups is 2.